The predicted molar refractivity (Wildman–Crippen MR) is 74.8 cm³/mol. The molecule has 3 rings (SSSR count). The minimum absolute atomic E-state index is 0.145. The molecule has 0 aliphatic carbocycles. The first-order valence-corrected chi connectivity index (χ1v) is 6.73. The van der Waals surface area contributed by atoms with Gasteiger partial charge in [-0.3, -0.25) is 9.89 Å². The van der Waals surface area contributed by atoms with Crippen molar-refractivity contribution >= 4 is 5.91 Å². The number of para-hydroxylation sites is 1. The van der Waals surface area contributed by atoms with Crippen LogP contribution in [0.1, 0.15) is 21.7 Å². The summed E-state index contributed by atoms with van der Waals surface area (Å²) in [5.41, 5.74) is 2.51. The minimum Gasteiger partial charge on any atom is -0.493 e. The van der Waals surface area contributed by atoms with E-state index in [0.717, 1.165) is 17.9 Å². The number of aromatic amines is 1. The lowest BCUT2D eigenvalue weighted by atomic mass is 9.97. The summed E-state index contributed by atoms with van der Waals surface area (Å²) >= 11 is 0. The van der Waals surface area contributed by atoms with Crippen LogP contribution in [0.2, 0.25) is 0 Å². The Morgan fingerprint density at radius 1 is 1.50 bits per heavy atom. The molecule has 1 aliphatic rings. The Balaban J connectivity index is 1.56. The van der Waals surface area contributed by atoms with E-state index in [9.17, 15) is 4.79 Å². The summed E-state index contributed by atoms with van der Waals surface area (Å²) in [4.78, 5) is 11.9. The second-order valence-corrected chi connectivity index (χ2v) is 5.14. The van der Waals surface area contributed by atoms with Gasteiger partial charge in [-0.15, -0.1) is 0 Å². The van der Waals surface area contributed by atoms with Gasteiger partial charge < -0.3 is 10.1 Å². The first kappa shape index (κ1) is 12.7. The van der Waals surface area contributed by atoms with Gasteiger partial charge in [0.05, 0.1) is 6.61 Å². The van der Waals surface area contributed by atoms with Gasteiger partial charge in [-0.05, 0) is 31.0 Å². The third-order valence-electron chi connectivity index (χ3n) is 3.45. The highest BCUT2D eigenvalue weighted by atomic mass is 16.5. The minimum atomic E-state index is -0.145. The molecule has 1 atom stereocenters. The van der Waals surface area contributed by atoms with Gasteiger partial charge in [0.15, 0.2) is 0 Å². The number of hydrogen-bond donors (Lipinski definition) is 2. The zero-order valence-electron chi connectivity index (χ0n) is 11.3. The summed E-state index contributed by atoms with van der Waals surface area (Å²) in [5, 5.41) is 9.62. The van der Waals surface area contributed by atoms with Crippen molar-refractivity contribution in [2.45, 2.75) is 13.3 Å². The molecule has 0 saturated carbocycles. The Morgan fingerprint density at radius 3 is 3.15 bits per heavy atom. The Bertz CT molecular complexity index is 621. The number of nitrogens with zero attached hydrogens (tertiary/aromatic N) is 1. The van der Waals surface area contributed by atoms with E-state index in [4.69, 9.17) is 4.74 Å². The van der Waals surface area contributed by atoms with Crippen LogP contribution in [0.15, 0.2) is 30.3 Å². The van der Waals surface area contributed by atoms with Crippen molar-refractivity contribution in [1.82, 2.24) is 15.5 Å². The van der Waals surface area contributed by atoms with Crippen molar-refractivity contribution in [2.75, 3.05) is 13.2 Å². The van der Waals surface area contributed by atoms with Gasteiger partial charge in [0.25, 0.3) is 5.91 Å². The molecule has 2 heterocycles. The molecule has 104 valence electrons. The van der Waals surface area contributed by atoms with Crippen LogP contribution < -0.4 is 10.1 Å². The SMILES string of the molecule is Cc1cc(C(=O)NCC2COc3ccccc3C2)n[nH]1. The first-order valence-electron chi connectivity index (χ1n) is 6.73. The molecule has 0 spiro atoms. The number of hydrogen-bond acceptors (Lipinski definition) is 3. The number of carbonyl (C=O) groups excluding carboxylic acids is 1. The number of nitrogens with one attached hydrogen (secondary N) is 2. The molecule has 2 N–H and O–H groups in total. The van der Waals surface area contributed by atoms with Gasteiger partial charge in [-0.1, -0.05) is 18.2 Å². The number of amides is 1. The maximum absolute atomic E-state index is 11.9. The second kappa shape index (κ2) is 5.36. The van der Waals surface area contributed by atoms with Crippen LogP contribution in [0.4, 0.5) is 0 Å². The molecule has 20 heavy (non-hydrogen) atoms. The molecular weight excluding hydrogens is 254 g/mol. The van der Waals surface area contributed by atoms with Crippen LogP contribution in [-0.2, 0) is 6.42 Å². The van der Waals surface area contributed by atoms with Gasteiger partial charge in [0.2, 0.25) is 0 Å². The van der Waals surface area contributed by atoms with Gasteiger partial charge in [0.1, 0.15) is 11.4 Å². The molecule has 1 unspecified atom stereocenters. The number of ether oxygens (including phenoxy) is 1. The number of carbonyl (C=O) groups is 1. The quantitative estimate of drug-likeness (QED) is 0.893. The molecule has 1 amide bonds. The van der Waals surface area contributed by atoms with Crippen molar-refractivity contribution < 1.29 is 9.53 Å². The summed E-state index contributed by atoms with van der Waals surface area (Å²) in [5.74, 6) is 1.11. The standard InChI is InChI=1S/C15H17N3O2/c1-10-6-13(18-17-10)15(19)16-8-11-7-12-4-2-3-5-14(12)20-9-11/h2-6,11H,7-9H2,1H3,(H,16,19)(H,17,18). The van der Waals surface area contributed by atoms with Crippen molar-refractivity contribution in [3.63, 3.8) is 0 Å². The summed E-state index contributed by atoms with van der Waals surface area (Å²) in [6.45, 7) is 3.10. The molecule has 0 radical (unpaired) electrons. The molecule has 0 fully saturated rings. The molecule has 0 saturated heterocycles. The third-order valence-corrected chi connectivity index (χ3v) is 3.45. The lowest BCUT2D eigenvalue weighted by molar-refractivity contribution is 0.0934. The lowest BCUT2D eigenvalue weighted by Gasteiger charge is -2.25. The summed E-state index contributed by atoms with van der Waals surface area (Å²) in [6.07, 6.45) is 0.927. The Kier molecular flexibility index (Phi) is 3.41. The molecular formula is C15H17N3O2. The number of benzene rings is 1. The highest BCUT2D eigenvalue weighted by Gasteiger charge is 2.20. The molecule has 1 aromatic heterocycles. The van der Waals surface area contributed by atoms with Crippen LogP contribution in [0.3, 0.4) is 0 Å². The van der Waals surface area contributed by atoms with Crippen LogP contribution in [0.25, 0.3) is 0 Å². The number of fused-ring (bicyclic) bond motifs is 1. The van der Waals surface area contributed by atoms with Crippen molar-refractivity contribution in [2.24, 2.45) is 5.92 Å². The van der Waals surface area contributed by atoms with Gasteiger partial charge in [0, 0.05) is 18.2 Å². The fourth-order valence-electron chi connectivity index (χ4n) is 2.38. The van der Waals surface area contributed by atoms with Crippen LogP contribution in [-0.4, -0.2) is 29.3 Å². The largest absolute Gasteiger partial charge is 0.493 e. The van der Waals surface area contributed by atoms with Crippen LogP contribution in [0.5, 0.6) is 5.75 Å². The summed E-state index contributed by atoms with van der Waals surface area (Å²) in [6, 6.07) is 9.77. The highest BCUT2D eigenvalue weighted by molar-refractivity contribution is 5.92. The number of rotatable bonds is 3. The Morgan fingerprint density at radius 2 is 2.35 bits per heavy atom. The number of H-pyrrole nitrogens is 1. The van der Waals surface area contributed by atoms with E-state index in [0.29, 0.717) is 24.8 Å². The second-order valence-electron chi connectivity index (χ2n) is 5.14. The highest BCUT2D eigenvalue weighted by Crippen LogP contribution is 2.26. The van der Waals surface area contributed by atoms with E-state index < -0.39 is 0 Å². The zero-order valence-corrected chi connectivity index (χ0v) is 11.3. The Hall–Kier alpha value is -2.30. The van der Waals surface area contributed by atoms with Gasteiger partial charge in [-0.25, -0.2) is 0 Å². The average Bonchev–Trinajstić information content (AvgIpc) is 2.91. The van der Waals surface area contributed by atoms with E-state index >= 15 is 0 Å². The van der Waals surface area contributed by atoms with Crippen molar-refractivity contribution in [3.05, 3.63) is 47.3 Å². The first-order chi connectivity index (χ1) is 9.72. The van der Waals surface area contributed by atoms with Gasteiger partial charge >= 0.3 is 0 Å². The number of aromatic nitrogens is 2. The molecule has 0 bridgehead atoms. The van der Waals surface area contributed by atoms with E-state index in [-0.39, 0.29) is 5.91 Å². The molecule has 2 aromatic rings. The maximum atomic E-state index is 11.9. The van der Waals surface area contributed by atoms with Crippen LogP contribution >= 0.6 is 0 Å². The topological polar surface area (TPSA) is 67.0 Å². The van der Waals surface area contributed by atoms with E-state index in [1.807, 2.05) is 25.1 Å². The number of aryl methyl sites for hydroxylation is 1. The average molecular weight is 271 g/mol. The molecule has 1 aromatic carbocycles. The third kappa shape index (κ3) is 2.66. The van der Waals surface area contributed by atoms with Gasteiger partial charge in [-0.2, -0.15) is 5.10 Å². The molecule has 5 nitrogen and oxygen atoms in total. The van der Waals surface area contributed by atoms with Crippen LogP contribution in [0, 0.1) is 12.8 Å². The summed E-state index contributed by atoms with van der Waals surface area (Å²) < 4.78 is 5.71. The Labute approximate surface area is 117 Å². The predicted octanol–water partition coefficient (Wildman–Crippen LogP) is 1.70. The molecule has 5 heteroatoms. The fraction of sp³-hybridized carbons (Fsp3) is 0.333. The maximum Gasteiger partial charge on any atom is 0.271 e. The van der Waals surface area contributed by atoms with E-state index in [2.05, 4.69) is 21.6 Å². The smallest absolute Gasteiger partial charge is 0.271 e. The zero-order chi connectivity index (χ0) is 13.9. The van der Waals surface area contributed by atoms with E-state index in [1.165, 1.54) is 5.56 Å². The summed E-state index contributed by atoms with van der Waals surface area (Å²) in [7, 11) is 0. The fourth-order valence-corrected chi connectivity index (χ4v) is 2.38. The van der Waals surface area contributed by atoms with Crippen molar-refractivity contribution in [1.29, 1.82) is 0 Å². The monoisotopic (exact) mass is 271 g/mol. The lowest BCUT2D eigenvalue weighted by Crippen LogP contribution is -2.34. The van der Waals surface area contributed by atoms with Crippen molar-refractivity contribution in [3.8, 4) is 5.75 Å². The normalized spacial score (nSPS) is 17.1. The van der Waals surface area contributed by atoms with E-state index in [1.54, 1.807) is 6.07 Å². The molecule has 1 aliphatic heterocycles.